The van der Waals surface area contributed by atoms with Gasteiger partial charge in [0.2, 0.25) is 0 Å². The largest absolute Gasteiger partial charge is 0.464 e. The van der Waals surface area contributed by atoms with Crippen LogP contribution in [0.2, 0.25) is 5.02 Å². The Labute approximate surface area is 107 Å². The molecule has 0 unspecified atom stereocenters. The lowest BCUT2D eigenvalue weighted by atomic mass is 10.0. The van der Waals surface area contributed by atoms with Crippen LogP contribution >= 0.6 is 11.6 Å². The lowest BCUT2D eigenvalue weighted by Crippen LogP contribution is -2.49. The summed E-state index contributed by atoms with van der Waals surface area (Å²) < 4.78 is 5.07. The van der Waals surface area contributed by atoms with E-state index in [4.69, 9.17) is 16.3 Å². The quantitative estimate of drug-likeness (QED) is 0.775. The number of carbonyl (C=O) groups excluding carboxylic acids is 1. The molecule has 4 heteroatoms. The van der Waals surface area contributed by atoms with Gasteiger partial charge in [0.25, 0.3) is 0 Å². The summed E-state index contributed by atoms with van der Waals surface area (Å²) in [5.41, 5.74) is 0.219. The summed E-state index contributed by atoms with van der Waals surface area (Å²) in [4.78, 5) is 13.7. The van der Waals surface area contributed by atoms with Crippen LogP contribution in [0.4, 0.5) is 5.69 Å². The van der Waals surface area contributed by atoms with E-state index in [1.165, 1.54) is 0 Å². The Morgan fingerprint density at radius 3 is 2.35 bits per heavy atom. The van der Waals surface area contributed by atoms with Crippen LogP contribution in [0.15, 0.2) is 24.3 Å². The Hall–Kier alpha value is -1.22. The first-order valence-corrected chi connectivity index (χ1v) is 5.94. The lowest BCUT2D eigenvalue weighted by Gasteiger charge is -2.35. The van der Waals surface area contributed by atoms with Gasteiger partial charge in [-0.15, -0.1) is 0 Å². The van der Waals surface area contributed by atoms with Crippen LogP contribution in [0.25, 0.3) is 0 Å². The van der Waals surface area contributed by atoms with Crippen LogP contribution in [-0.4, -0.2) is 25.2 Å². The second kappa shape index (κ2) is 5.41. The third kappa shape index (κ3) is 3.13. The molecule has 0 heterocycles. The summed E-state index contributed by atoms with van der Waals surface area (Å²) in [6.07, 6.45) is 0. The van der Waals surface area contributed by atoms with Crippen LogP contribution in [-0.2, 0) is 9.53 Å². The maximum absolute atomic E-state index is 11.9. The first-order chi connectivity index (χ1) is 7.89. The maximum atomic E-state index is 11.9. The standard InChI is InChI=1S/C13H18ClNO2/c1-5-17-12(16)13(2,3)15(4)11-8-6-10(14)7-9-11/h6-9H,5H2,1-4H3. The second-order valence-electron chi connectivity index (χ2n) is 4.31. The molecule has 0 radical (unpaired) electrons. The smallest absolute Gasteiger partial charge is 0.331 e. The van der Waals surface area contributed by atoms with Crippen LogP contribution < -0.4 is 4.90 Å². The van der Waals surface area contributed by atoms with Gasteiger partial charge in [-0.2, -0.15) is 0 Å². The van der Waals surface area contributed by atoms with Crippen LogP contribution in [0, 0.1) is 0 Å². The van der Waals surface area contributed by atoms with E-state index in [1.807, 2.05) is 37.9 Å². The van der Waals surface area contributed by atoms with E-state index in [1.54, 1.807) is 19.1 Å². The molecule has 3 nitrogen and oxygen atoms in total. The molecular weight excluding hydrogens is 238 g/mol. The monoisotopic (exact) mass is 255 g/mol. The number of anilines is 1. The van der Waals surface area contributed by atoms with Gasteiger partial charge in [-0.3, -0.25) is 0 Å². The number of hydrogen-bond donors (Lipinski definition) is 0. The van der Waals surface area contributed by atoms with Gasteiger partial charge in [0.1, 0.15) is 5.54 Å². The molecule has 0 fully saturated rings. The topological polar surface area (TPSA) is 29.5 Å². The number of ether oxygens (including phenoxy) is 1. The van der Waals surface area contributed by atoms with Crippen molar-refractivity contribution in [3.8, 4) is 0 Å². The minimum atomic E-state index is -0.705. The van der Waals surface area contributed by atoms with E-state index in [9.17, 15) is 4.79 Å². The molecule has 1 aromatic rings. The number of rotatable bonds is 4. The highest BCUT2D eigenvalue weighted by atomic mass is 35.5. The highest BCUT2D eigenvalue weighted by Crippen LogP contribution is 2.24. The van der Waals surface area contributed by atoms with E-state index in [0.29, 0.717) is 11.6 Å². The van der Waals surface area contributed by atoms with Gasteiger partial charge >= 0.3 is 5.97 Å². The first-order valence-electron chi connectivity index (χ1n) is 5.56. The molecule has 0 spiro atoms. The fourth-order valence-electron chi connectivity index (χ4n) is 1.43. The van der Waals surface area contributed by atoms with Gasteiger partial charge in [0.15, 0.2) is 0 Å². The lowest BCUT2D eigenvalue weighted by molar-refractivity contribution is -0.148. The van der Waals surface area contributed by atoms with E-state index in [2.05, 4.69) is 0 Å². The highest BCUT2D eigenvalue weighted by Gasteiger charge is 2.33. The van der Waals surface area contributed by atoms with Crippen molar-refractivity contribution in [2.75, 3.05) is 18.6 Å². The normalized spacial score (nSPS) is 11.1. The van der Waals surface area contributed by atoms with Crippen molar-refractivity contribution in [2.45, 2.75) is 26.3 Å². The number of carbonyl (C=O) groups is 1. The molecule has 0 saturated carbocycles. The van der Waals surface area contributed by atoms with Crippen molar-refractivity contribution < 1.29 is 9.53 Å². The van der Waals surface area contributed by atoms with Crippen molar-refractivity contribution in [1.82, 2.24) is 0 Å². The highest BCUT2D eigenvalue weighted by molar-refractivity contribution is 6.30. The molecule has 0 amide bonds. The molecule has 0 N–H and O–H groups in total. The van der Waals surface area contributed by atoms with Crippen LogP contribution in [0.5, 0.6) is 0 Å². The van der Waals surface area contributed by atoms with Gasteiger partial charge in [-0.05, 0) is 45.0 Å². The summed E-state index contributed by atoms with van der Waals surface area (Å²) in [5, 5.41) is 0.677. The zero-order valence-electron chi connectivity index (χ0n) is 10.7. The van der Waals surface area contributed by atoms with E-state index in [0.717, 1.165) is 5.69 Å². The second-order valence-corrected chi connectivity index (χ2v) is 4.75. The number of likely N-dealkylation sites (N-methyl/N-ethyl adjacent to an activating group) is 1. The molecule has 0 aliphatic heterocycles. The van der Waals surface area contributed by atoms with E-state index < -0.39 is 5.54 Å². The van der Waals surface area contributed by atoms with Gasteiger partial charge in [-0.25, -0.2) is 4.79 Å². The van der Waals surface area contributed by atoms with Crippen LogP contribution in [0.1, 0.15) is 20.8 Å². The fourth-order valence-corrected chi connectivity index (χ4v) is 1.56. The molecule has 0 bridgehead atoms. The van der Waals surface area contributed by atoms with Crippen molar-refractivity contribution >= 4 is 23.3 Å². The van der Waals surface area contributed by atoms with E-state index in [-0.39, 0.29) is 5.97 Å². The van der Waals surface area contributed by atoms with Gasteiger partial charge < -0.3 is 9.64 Å². The molecule has 0 atom stereocenters. The number of esters is 1. The molecular formula is C13H18ClNO2. The Bertz CT molecular complexity index is 387. The van der Waals surface area contributed by atoms with Crippen molar-refractivity contribution in [3.05, 3.63) is 29.3 Å². The molecule has 1 aromatic carbocycles. The summed E-state index contributed by atoms with van der Waals surface area (Å²) in [6.45, 7) is 5.85. The number of nitrogens with zero attached hydrogens (tertiary/aromatic N) is 1. The fraction of sp³-hybridized carbons (Fsp3) is 0.462. The summed E-state index contributed by atoms with van der Waals surface area (Å²) in [7, 11) is 1.86. The molecule has 94 valence electrons. The maximum Gasteiger partial charge on any atom is 0.331 e. The van der Waals surface area contributed by atoms with Crippen molar-refractivity contribution in [3.63, 3.8) is 0 Å². The van der Waals surface area contributed by atoms with Crippen molar-refractivity contribution in [2.24, 2.45) is 0 Å². The average Bonchev–Trinajstić information content (AvgIpc) is 2.29. The number of hydrogen-bond acceptors (Lipinski definition) is 3. The summed E-state index contributed by atoms with van der Waals surface area (Å²) in [6, 6.07) is 7.36. The Morgan fingerprint density at radius 1 is 1.35 bits per heavy atom. The Kier molecular flexibility index (Phi) is 4.40. The average molecular weight is 256 g/mol. The zero-order valence-corrected chi connectivity index (χ0v) is 11.4. The molecule has 0 saturated heterocycles. The molecule has 17 heavy (non-hydrogen) atoms. The predicted molar refractivity (Wildman–Crippen MR) is 70.6 cm³/mol. The van der Waals surface area contributed by atoms with Gasteiger partial charge in [0, 0.05) is 17.8 Å². The Morgan fingerprint density at radius 2 is 1.88 bits per heavy atom. The third-order valence-corrected chi connectivity index (χ3v) is 3.08. The van der Waals surface area contributed by atoms with Gasteiger partial charge in [0.05, 0.1) is 6.61 Å². The summed E-state index contributed by atoms with van der Waals surface area (Å²) >= 11 is 5.83. The third-order valence-electron chi connectivity index (χ3n) is 2.83. The molecule has 1 rings (SSSR count). The van der Waals surface area contributed by atoms with Gasteiger partial charge in [-0.1, -0.05) is 11.6 Å². The first kappa shape index (κ1) is 13.8. The minimum absolute atomic E-state index is 0.238. The van der Waals surface area contributed by atoms with Crippen LogP contribution in [0.3, 0.4) is 0 Å². The molecule has 0 aromatic heterocycles. The minimum Gasteiger partial charge on any atom is -0.464 e. The predicted octanol–water partition coefficient (Wildman–Crippen LogP) is 3.12. The zero-order chi connectivity index (χ0) is 13.1. The molecule has 0 aliphatic carbocycles. The summed E-state index contributed by atoms with van der Waals surface area (Å²) in [5.74, 6) is -0.238. The van der Waals surface area contributed by atoms with E-state index >= 15 is 0 Å². The number of benzene rings is 1. The molecule has 0 aliphatic rings. The SMILES string of the molecule is CCOC(=O)C(C)(C)N(C)c1ccc(Cl)cc1. The van der Waals surface area contributed by atoms with Crippen molar-refractivity contribution in [1.29, 1.82) is 0 Å². The Balaban J connectivity index is 2.91. The number of halogens is 1.